The van der Waals surface area contributed by atoms with E-state index < -0.39 is 0 Å². The van der Waals surface area contributed by atoms with E-state index in [0.717, 1.165) is 46.6 Å². The summed E-state index contributed by atoms with van der Waals surface area (Å²) in [6.07, 6.45) is 0.809. The number of methoxy groups -OCH3 is 3. The second-order valence-corrected chi connectivity index (χ2v) is 7.93. The molecule has 6 nitrogen and oxygen atoms in total. The zero-order valence-electron chi connectivity index (χ0n) is 18.9. The Kier molecular flexibility index (Phi) is 6.07. The molecule has 32 heavy (non-hydrogen) atoms. The first-order valence-electron chi connectivity index (χ1n) is 10.4. The van der Waals surface area contributed by atoms with Gasteiger partial charge in [0.15, 0.2) is 11.5 Å². The molecule has 1 aromatic heterocycles. The zero-order chi connectivity index (χ0) is 23.0. The standard InChI is InChI=1S/C25H26ClNO5/c1-6-32-25(28)23-22(16-7-8-19(29-3)18(26)11-16)14(2)27-10-9-15-12-20(30-4)21(31-5)13-17(15)24(23)27/h7-8,11-13H,6,9-10H2,1-5H3. The third-order valence-electron chi connectivity index (χ3n) is 5.91. The molecule has 168 valence electrons. The molecule has 0 aliphatic carbocycles. The van der Waals surface area contributed by atoms with Crippen molar-refractivity contribution < 1.29 is 23.7 Å². The summed E-state index contributed by atoms with van der Waals surface area (Å²) in [7, 11) is 4.80. The van der Waals surface area contributed by atoms with Gasteiger partial charge in [-0.15, -0.1) is 0 Å². The van der Waals surface area contributed by atoms with E-state index in [1.54, 1.807) is 28.3 Å². The van der Waals surface area contributed by atoms with E-state index in [4.69, 9.17) is 30.5 Å². The molecule has 0 spiro atoms. The van der Waals surface area contributed by atoms with Gasteiger partial charge in [-0.3, -0.25) is 0 Å². The molecular formula is C25H26ClNO5. The first-order valence-corrected chi connectivity index (χ1v) is 10.8. The Labute approximate surface area is 192 Å². The Morgan fingerprint density at radius 1 is 1.03 bits per heavy atom. The number of esters is 1. The summed E-state index contributed by atoms with van der Waals surface area (Å²) in [4.78, 5) is 13.3. The van der Waals surface area contributed by atoms with Gasteiger partial charge in [-0.05, 0) is 55.7 Å². The number of fused-ring (bicyclic) bond motifs is 3. The number of benzene rings is 2. The lowest BCUT2D eigenvalue weighted by Crippen LogP contribution is -2.15. The highest BCUT2D eigenvalue weighted by molar-refractivity contribution is 6.32. The molecule has 2 heterocycles. The average Bonchev–Trinajstić information content (AvgIpc) is 3.10. The molecule has 4 rings (SSSR count). The normalized spacial score (nSPS) is 12.1. The van der Waals surface area contributed by atoms with Crippen molar-refractivity contribution >= 4 is 17.6 Å². The van der Waals surface area contributed by atoms with Crippen molar-refractivity contribution in [2.45, 2.75) is 26.8 Å². The van der Waals surface area contributed by atoms with Crippen LogP contribution in [0.3, 0.4) is 0 Å². The molecule has 0 radical (unpaired) electrons. The highest BCUT2D eigenvalue weighted by Crippen LogP contribution is 2.46. The number of carbonyl (C=O) groups excluding carboxylic acids is 1. The minimum atomic E-state index is -0.367. The van der Waals surface area contributed by atoms with Crippen LogP contribution in [0.5, 0.6) is 17.2 Å². The Bertz CT molecular complexity index is 1200. The van der Waals surface area contributed by atoms with E-state index in [0.29, 0.717) is 27.8 Å². The molecule has 1 aliphatic rings. The fourth-order valence-corrected chi connectivity index (χ4v) is 4.71. The van der Waals surface area contributed by atoms with Crippen molar-refractivity contribution in [3.8, 4) is 39.6 Å². The van der Waals surface area contributed by atoms with Crippen LogP contribution in [-0.4, -0.2) is 38.5 Å². The van der Waals surface area contributed by atoms with E-state index in [1.807, 2.05) is 37.3 Å². The van der Waals surface area contributed by atoms with Gasteiger partial charge in [0.25, 0.3) is 0 Å². The SMILES string of the molecule is CCOC(=O)c1c(-c2ccc(OC)c(Cl)c2)c(C)n2c1-c1cc(OC)c(OC)cc1CC2. The third-order valence-corrected chi connectivity index (χ3v) is 6.21. The topological polar surface area (TPSA) is 58.9 Å². The number of hydrogen-bond donors (Lipinski definition) is 0. The molecule has 0 fully saturated rings. The lowest BCUT2D eigenvalue weighted by Gasteiger charge is -2.23. The molecule has 0 N–H and O–H groups in total. The Morgan fingerprint density at radius 2 is 1.72 bits per heavy atom. The Balaban J connectivity index is 2.03. The summed E-state index contributed by atoms with van der Waals surface area (Å²) < 4.78 is 24.0. The fraction of sp³-hybridized carbons (Fsp3) is 0.320. The van der Waals surface area contributed by atoms with E-state index in [-0.39, 0.29) is 12.6 Å². The van der Waals surface area contributed by atoms with E-state index in [2.05, 4.69) is 4.57 Å². The molecular weight excluding hydrogens is 430 g/mol. The highest BCUT2D eigenvalue weighted by Gasteiger charge is 2.32. The van der Waals surface area contributed by atoms with Gasteiger partial charge < -0.3 is 23.5 Å². The smallest absolute Gasteiger partial charge is 0.340 e. The summed E-state index contributed by atoms with van der Waals surface area (Å²) in [5, 5.41) is 0.482. The molecule has 0 atom stereocenters. The van der Waals surface area contributed by atoms with Gasteiger partial charge >= 0.3 is 5.97 Å². The summed E-state index contributed by atoms with van der Waals surface area (Å²) in [5.74, 6) is 1.50. The van der Waals surface area contributed by atoms with Crippen LogP contribution >= 0.6 is 11.6 Å². The summed E-state index contributed by atoms with van der Waals surface area (Å²) in [6.45, 7) is 4.84. The largest absolute Gasteiger partial charge is 0.495 e. The van der Waals surface area contributed by atoms with Crippen molar-refractivity contribution in [3.05, 3.63) is 52.2 Å². The first-order chi connectivity index (χ1) is 15.4. The van der Waals surface area contributed by atoms with Gasteiger partial charge in [-0.25, -0.2) is 4.79 Å². The zero-order valence-corrected chi connectivity index (χ0v) is 19.6. The van der Waals surface area contributed by atoms with Gasteiger partial charge in [0.2, 0.25) is 0 Å². The van der Waals surface area contributed by atoms with E-state index in [9.17, 15) is 4.79 Å². The fourth-order valence-electron chi connectivity index (χ4n) is 4.45. The molecule has 0 unspecified atom stereocenters. The average molecular weight is 456 g/mol. The van der Waals surface area contributed by atoms with Crippen LogP contribution in [-0.2, 0) is 17.7 Å². The molecule has 7 heteroatoms. The number of aryl methyl sites for hydroxylation is 1. The lowest BCUT2D eigenvalue weighted by molar-refractivity contribution is 0.0528. The summed E-state index contributed by atoms with van der Waals surface area (Å²) in [6, 6.07) is 9.47. The molecule has 0 saturated carbocycles. The Hall–Kier alpha value is -3.12. The molecule has 0 saturated heterocycles. The molecule has 1 aliphatic heterocycles. The van der Waals surface area contributed by atoms with Crippen LogP contribution in [0.25, 0.3) is 22.4 Å². The summed E-state index contributed by atoms with van der Waals surface area (Å²) >= 11 is 6.43. The maximum atomic E-state index is 13.3. The van der Waals surface area contributed by atoms with Crippen molar-refractivity contribution in [2.75, 3.05) is 27.9 Å². The van der Waals surface area contributed by atoms with Crippen LogP contribution < -0.4 is 14.2 Å². The minimum Gasteiger partial charge on any atom is -0.495 e. The second-order valence-electron chi connectivity index (χ2n) is 7.52. The lowest BCUT2D eigenvalue weighted by atomic mass is 9.93. The van der Waals surface area contributed by atoms with Gasteiger partial charge in [0.05, 0.1) is 44.2 Å². The number of ether oxygens (including phenoxy) is 4. The molecule has 0 bridgehead atoms. The number of rotatable bonds is 6. The quantitative estimate of drug-likeness (QED) is 0.456. The van der Waals surface area contributed by atoms with Gasteiger partial charge in [0.1, 0.15) is 5.75 Å². The third kappa shape index (κ3) is 3.48. The van der Waals surface area contributed by atoms with Crippen LogP contribution in [0.4, 0.5) is 0 Å². The van der Waals surface area contributed by atoms with Gasteiger partial charge in [-0.1, -0.05) is 17.7 Å². The van der Waals surface area contributed by atoms with Crippen molar-refractivity contribution in [1.29, 1.82) is 0 Å². The van der Waals surface area contributed by atoms with Gasteiger partial charge in [-0.2, -0.15) is 0 Å². The van der Waals surface area contributed by atoms with Crippen LogP contribution in [0.2, 0.25) is 5.02 Å². The number of halogens is 1. The minimum absolute atomic E-state index is 0.282. The van der Waals surface area contributed by atoms with Crippen LogP contribution in [0, 0.1) is 6.92 Å². The maximum Gasteiger partial charge on any atom is 0.340 e. The van der Waals surface area contributed by atoms with E-state index in [1.165, 1.54) is 0 Å². The number of carbonyl (C=O) groups is 1. The number of aromatic nitrogens is 1. The predicted octanol–water partition coefficient (Wildman–Crippen LogP) is 5.54. The van der Waals surface area contributed by atoms with E-state index >= 15 is 0 Å². The molecule has 2 aromatic carbocycles. The maximum absolute atomic E-state index is 13.3. The van der Waals surface area contributed by atoms with Crippen molar-refractivity contribution in [3.63, 3.8) is 0 Å². The predicted molar refractivity (Wildman–Crippen MR) is 124 cm³/mol. The number of nitrogens with zero attached hydrogens (tertiary/aromatic N) is 1. The highest BCUT2D eigenvalue weighted by atomic mass is 35.5. The van der Waals surface area contributed by atoms with Gasteiger partial charge in [0, 0.05) is 23.4 Å². The first kappa shape index (κ1) is 22.1. The van der Waals surface area contributed by atoms with Crippen molar-refractivity contribution in [1.82, 2.24) is 4.57 Å². The monoisotopic (exact) mass is 455 g/mol. The Morgan fingerprint density at radius 3 is 2.34 bits per heavy atom. The molecule has 3 aromatic rings. The number of hydrogen-bond acceptors (Lipinski definition) is 5. The summed E-state index contributed by atoms with van der Waals surface area (Å²) in [5.41, 5.74) is 6.00. The van der Waals surface area contributed by atoms with Crippen LogP contribution in [0.15, 0.2) is 30.3 Å². The molecule has 0 amide bonds. The van der Waals surface area contributed by atoms with Crippen LogP contribution in [0.1, 0.15) is 28.5 Å². The van der Waals surface area contributed by atoms with Crippen molar-refractivity contribution in [2.24, 2.45) is 0 Å². The second kappa shape index (κ2) is 8.79.